The molecule has 3 rings (SSSR count). The summed E-state index contributed by atoms with van der Waals surface area (Å²) in [6, 6.07) is 7.00. The van der Waals surface area contributed by atoms with Gasteiger partial charge in [-0.25, -0.2) is 8.42 Å². The molecule has 1 aliphatic rings. The molecule has 0 unspecified atom stereocenters. The van der Waals surface area contributed by atoms with Gasteiger partial charge < -0.3 is 10.6 Å². The monoisotopic (exact) mass is 427 g/mol. The summed E-state index contributed by atoms with van der Waals surface area (Å²) >= 11 is 0. The van der Waals surface area contributed by atoms with Gasteiger partial charge in [-0.3, -0.25) is 14.3 Å². The van der Waals surface area contributed by atoms with Gasteiger partial charge in [-0.2, -0.15) is 13.2 Å². The fraction of sp³-hybridized carbons (Fsp3) is 0.222. The minimum absolute atomic E-state index is 0.0563. The Morgan fingerprint density at radius 1 is 1.00 bits per heavy atom. The van der Waals surface area contributed by atoms with Gasteiger partial charge in [0.1, 0.15) is 5.54 Å². The number of amides is 2. The molecule has 1 aliphatic heterocycles. The number of fused-ring (bicyclic) bond motifs is 1. The van der Waals surface area contributed by atoms with Crippen molar-refractivity contribution in [3.63, 3.8) is 0 Å². The molecule has 2 amide bonds. The molecule has 11 heteroatoms. The first-order chi connectivity index (χ1) is 13.3. The zero-order valence-corrected chi connectivity index (χ0v) is 16.0. The van der Waals surface area contributed by atoms with Crippen LogP contribution in [0.3, 0.4) is 0 Å². The summed E-state index contributed by atoms with van der Waals surface area (Å²) in [5.41, 5.74) is -2.11. The number of anilines is 2. The van der Waals surface area contributed by atoms with Crippen LogP contribution >= 0.6 is 0 Å². The highest BCUT2D eigenvalue weighted by Gasteiger charge is 2.35. The number of carbonyl (C=O) groups is 2. The van der Waals surface area contributed by atoms with Crippen molar-refractivity contribution in [2.75, 3.05) is 10.0 Å². The summed E-state index contributed by atoms with van der Waals surface area (Å²) in [7, 11) is -4.20. The molecule has 0 saturated heterocycles. The Bertz CT molecular complexity index is 1090. The lowest BCUT2D eigenvalue weighted by molar-refractivity contribution is -0.137. The molecule has 1 heterocycles. The van der Waals surface area contributed by atoms with Crippen molar-refractivity contribution in [1.29, 1.82) is 0 Å². The molecule has 0 aromatic heterocycles. The Hall–Kier alpha value is -3.08. The maximum absolute atomic E-state index is 12.6. The molecular formula is C18H16F3N3O4S. The summed E-state index contributed by atoms with van der Waals surface area (Å²) in [6.45, 7) is 2.99. The molecule has 0 atom stereocenters. The minimum atomic E-state index is -4.54. The van der Waals surface area contributed by atoms with E-state index in [1.54, 1.807) is 0 Å². The van der Waals surface area contributed by atoms with E-state index in [2.05, 4.69) is 15.4 Å². The van der Waals surface area contributed by atoms with E-state index in [0.29, 0.717) is 0 Å². The molecule has 0 saturated carbocycles. The normalized spacial score (nSPS) is 16.3. The molecule has 29 heavy (non-hydrogen) atoms. The van der Waals surface area contributed by atoms with Crippen molar-refractivity contribution in [2.24, 2.45) is 0 Å². The van der Waals surface area contributed by atoms with Gasteiger partial charge in [-0.1, -0.05) is 0 Å². The zero-order valence-electron chi connectivity index (χ0n) is 15.2. The molecule has 2 aromatic carbocycles. The van der Waals surface area contributed by atoms with Crippen molar-refractivity contribution in [3.8, 4) is 0 Å². The Kier molecular flexibility index (Phi) is 4.81. The van der Waals surface area contributed by atoms with E-state index in [4.69, 9.17) is 0 Å². The van der Waals surface area contributed by atoms with Gasteiger partial charge in [0.15, 0.2) is 0 Å². The van der Waals surface area contributed by atoms with E-state index in [1.165, 1.54) is 26.0 Å². The number of sulfonamides is 1. The summed E-state index contributed by atoms with van der Waals surface area (Å²) in [5, 5.41) is 5.05. The van der Waals surface area contributed by atoms with E-state index < -0.39 is 39.1 Å². The zero-order chi connectivity index (χ0) is 21.6. The van der Waals surface area contributed by atoms with Gasteiger partial charge in [0, 0.05) is 5.69 Å². The lowest BCUT2D eigenvalue weighted by Gasteiger charge is -2.21. The Labute approximate surface area is 164 Å². The molecule has 7 nitrogen and oxygen atoms in total. The Morgan fingerprint density at radius 2 is 1.62 bits per heavy atom. The lowest BCUT2D eigenvalue weighted by Crippen LogP contribution is -2.50. The molecule has 0 fully saturated rings. The highest BCUT2D eigenvalue weighted by molar-refractivity contribution is 7.92. The van der Waals surface area contributed by atoms with Gasteiger partial charge >= 0.3 is 6.18 Å². The van der Waals surface area contributed by atoms with Crippen LogP contribution in [-0.4, -0.2) is 25.8 Å². The third kappa shape index (κ3) is 4.19. The second-order valence-electron chi connectivity index (χ2n) is 6.92. The topological polar surface area (TPSA) is 104 Å². The smallest absolute Gasteiger partial charge is 0.338 e. The van der Waals surface area contributed by atoms with E-state index in [0.717, 1.165) is 30.3 Å². The summed E-state index contributed by atoms with van der Waals surface area (Å²) in [5.74, 6) is -1.11. The van der Waals surface area contributed by atoms with E-state index in [-0.39, 0.29) is 21.8 Å². The third-order valence-electron chi connectivity index (χ3n) is 4.25. The second kappa shape index (κ2) is 6.76. The van der Waals surface area contributed by atoms with Crippen LogP contribution in [-0.2, 0) is 21.0 Å². The first-order valence-electron chi connectivity index (χ1n) is 8.28. The average Bonchev–Trinajstić information content (AvgIpc) is 2.68. The maximum Gasteiger partial charge on any atom is 0.416 e. The van der Waals surface area contributed by atoms with Crippen molar-refractivity contribution in [2.45, 2.75) is 30.5 Å². The molecule has 154 valence electrons. The first-order valence-corrected chi connectivity index (χ1v) is 9.76. The van der Waals surface area contributed by atoms with Crippen molar-refractivity contribution >= 4 is 33.2 Å². The number of halogens is 3. The van der Waals surface area contributed by atoms with Crippen LogP contribution in [0.4, 0.5) is 24.5 Å². The first kappa shape index (κ1) is 20.6. The molecule has 2 aromatic rings. The van der Waals surface area contributed by atoms with Crippen LogP contribution in [0.15, 0.2) is 47.4 Å². The highest BCUT2D eigenvalue weighted by Crippen LogP contribution is 2.31. The van der Waals surface area contributed by atoms with Crippen LogP contribution in [0.5, 0.6) is 0 Å². The van der Waals surface area contributed by atoms with Gasteiger partial charge in [-0.05, 0) is 56.3 Å². The summed E-state index contributed by atoms with van der Waals surface area (Å²) < 4.78 is 65.2. The number of hydrogen-bond donors (Lipinski definition) is 3. The second-order valence-corrected chi connectivity index (χ2v) is 8.60. The largest absolute Gasteiger partial charge is 0.416 e. The van der Waals surface area contributed by atoms with Gasteiger partial charge in [0.2, 0.25) is 5.91 Å². The van der Waals surface area contributed by atoms with Crippen LogP contribution in [0.25, 0.3) is 0 Å². The van der Waals surface area contributed by atoms with E-state index >= 15 is 0 Å². The average molecular weight is 427 g/mol. The van der Waals surface area contributed by atoms with E-state index in [1.807, 2.05) is 0 Å². The standard InChI is InChI=1S/C18H16F3N3O4S/c1-17(2)16(26)22-14-8-7-12(9-13(14)15(25)23-17)29(27,28)24-11-5-3-10(4-6-11)18(19,20)21/h3-9,24H,1-2H3,(H,22,26)(H,23,25). The number of rotatable bonds is 3. The molecule has 3 N–H and O–H groups in total. The Morgan fingerprint density at radius 3 is 2.21 bits per heavy atom. The Balaban J connectivity index is 1.91. The fourth-order valence-corrected chi connectivity index (χ4v) is 3.70. The van der Waals surface area contributed by atoms with Crippen LogP contribution < -0.4 is 15.4 Å². The predicted octanol–water partition coefficient (Wildman–Crippen LogP) is 2.97. The number of benzene rings is 2. The van der Waals surface area contributed by atoms with Gasteiger partial charge in [-0.15, -0.1) is 0 Å². The molecule has 0 aliphatic carbocycles. The SMILES string of the molecule is CC1(C)NC(=O)c2cc(S(=O)(=O)Nc3ccc(C(F)(F)F)cc3)ccc2NC1=O. The number of carbonyl (C=O) groups excluding carboxylic acids is 2. The molecular weight excluding hydrogens is 411 g/mol. The van der Waals surface area contributed by atoms with Crippen LogP contribution in [0.2, 0.25) is 0 Å². The van der Waals surface area contributed by atoms with Crippen molar-refractivity contribution in [3.05, 3.63) is 53.6 Å². The van der Waals surface area contributed by atoms with Gasteiger partial charge in [0.05, 0.1) is 21.7 Å². The quantitative estimate of drug-likeness (QED) is 0.701. The number of hydrogen-bond acceptors (Lipinski definition) is 4. The molecule has 0 bridgehead atoms. The lowest BCUT2D eigenvalue weighted by atomic mass is 10.1. The number of nitrogens with one attached hydrogen (secondary N) is 3. The number of alkyl halides is 3. The van der Waals surface area contributed by atoms with E-state index in [9.17, 15) is 31.2 Å². The minimum Gasteiger partial charge on any atom is -0.338 e. The predicted molar refractivity (Wildman–Crippen MR) is 98.9 cm³/mol. The van der Waals surface area contributed by atoms with Crippen molar-refractivity contribution < 1.29 is 31.2 Å². The van der Waals surface area contributed by atoms with Crippen LogP contribution in [0.1, 0.15) is 29.8 Å². The van der Waals surface area contributed by atoms with Crippen molar-refractivity contribution in [1.82, 2.24) is 5.32 Å². The van der Waals surface area contributed by atoms with Gasteiger partial charge in [0.25, 0.3) is 15.9 Å². The fourth-order valence-electron chi connectivity index (χ4n) is 2.62. The third-order valence-corrected chi connectivity index (χ3v) is 5.63. The molecule has 0 radical (unpaired) electrons. The summed E-state index contributed by atoms with van der Waals surface area (Å²) in [6.07, 6.45) is -4.54. The summed E-state index contributed by atoms with van der Waals surface area (Å²) in [4.78, 5) is 24.2. The maximum atomic E-state index is 12.6. The molecule has 0 spiro atoms. The highest BCUT2D eigenvalue weighted by atomic mass is 32.2. The van der Waals surface area contributed by atoms with Crippen LogP contribution in [0, 0.1) is 0 Å².